The fourth-order valence-corrected chi connectivity index (χ4v) is 2.73. The highest BCUT2D eigenvalue weighted by atomic mass is 16.5. The van der Waals surface area contributed by atoms with E-state index in [9.17, 15) is 9.59 Å². The fourth-order valence-electron chi connectivity index (χ4n) is 2.73. The second kappa shape index (κ2) is 7.65. The number of methoxy groups -OCH3 is 1. The quantitative estimate of drug-likeness (QED) is 0.868. The molecule has 0 aliphatic carbocycles. The molecule has 1 unspecified atom stereocenters. The molecule has 0 saturated carbocycles. The van der Waals surface area contributed by atoms with Gasteiger partial charge in [0, 0.05) is 24.8 Å². The molecule has 0 bridgehead atoms. The number of rotatable bonds is 5. The third kappa shape index (κ3) is 4.26. The Kier molecular flexibility index (Phi) is 5.13. The van der Waals surface area contributed by atoms with E-state index in [1.807, 2.05) is 42.5 Å². The van der Waals surface area contributed by atoms with Crippen molar-refractivity contribution >= 4 is 17.6 Å². The van der Waals surface area contributed by atoms with Crippen molar-refractivity contribution in [2.75, 3.05) is 18.6 Å². The molecule has 0 radical (unpaired) electrons. The molecule has 1 aromatic carbocycles. The monoisotopic (exact) mass is 340 g/mol. The summed E-state index contributed by atoms with van der Waals surface area (Å²) in [5.74, 6) is 0.721. The highest BCUT2D eigenvalue weighted by Crippen LogP contribution is 2.24. The van der Waals surface area contributed by atoms with Crippen LogP contribution >= 0.6 is 0 Å². The maximum Gasteiger partial charge on any atom is 0.315 e. The molecular weight excluding hydrogens is 320 g/mol. The van der Waals surface area contributed by atoms with E-state index >= 15 is 0 Å². The Balaban J connectivity index is 1.52. The van der Waals surface area contributed by atoms with Gasteiger partial charge in [-0.05, 0) is 36.4 Å². The lowest BCUT2D eigenvalue weighted by atomic mass is 10.2. The molecule has 7 heteroatoms. The van der Waals surface area contributed by atoms with E-state index in [0.717, 1.165) is 17.1 Å². The molecule has 2 heterocycles. The van der Waals surface area contributed by atoms with Crippen LogP contribution in [-0.4, -0.2) is 36.6 Å². The van der Waals surface area contributed by atoms with Crippen molar-refractivity contribution in [1.29, 1.82) is 0 Å². The van der Waals surface area contributed by atoms with Gasteiger partial charge in [-0.15, -0.1) is 0 Å². The first kappa shape index (κ1) is 16.8. The number of hydrogen-bond acceptors (Lipinski definition) is 4. The fraction of sp³-hybridized carbons (Fsp3) is 0.278. The van der Waals surface area contributed by atoms with Crippen molar-refractivity contribution in [3.63, 3.8) is 0 Å². The molecular formula is C18H20N4O3. The molecule has 3 rings (SSSR count). The lowest BCUT2D eigenvalue weighted by Gasteiger charge is -2.17. The number of benzene rings is 1. The minimum absolute atomic E-state index is 0.0137. The second-order valence-electron chi connectivity index (χ2n) is 5.75. The van der Waals surface area contributed by atoms with Gasteiger partial charge >= 0.3 is 6.03 Å². The summed E-state index contributed by atoms with van der Waals surface area (Å²) in [4.78, 5) is 30.0. The van der Waals surface area contributed by atoms with E-state index in [1.165, 1.54) is 0 Å². The summed E-state index contributed by atoms with van der Waals surface area (Å²) >= 11 is 0. The number of nitrogens with one attached hydrogen (secondary N) is 2. The van der Waals surface area contributed by atoms with Gasteiger partial charge in [-0.25, -0.2) is 4.79 Å². The van der Waals surface area contributed by atoms with Crippen LogP contribution in [0.4, 0.5) is 10.5 Å². The maximum atomic E-state index is 12.2. The predicted molar refractivity (Wildman–Crippen MR) is 93.4 cm³/mol. The van der Waals surface area contributed by atoms with Crippen LogP contribution in [0.3, 0.4) is 0 Å². The van der Waals surface area contributed by atoms with Crippen molar-refractivity contribution in [2.24, 2.45) is 0 Å². The largest absolute Gasteiger partial charge is 0.497 e. The number of urea groups is 1. The number of aromatic nitrogens is 1. The third-order valence-electron chi connectivity index (χ3n) is 4.00. The Morgan fingerprint density at radius 1 is 1.28 bits per heavy atom. The molecule has 130 valence electrons. The van der Waals surface area contributed by atoms with E-state index in [-0.39, 0.29) is 24.4 Å². The summed E-state index contributed by atoms with van der Waals surface area (Å²) in [6.07, 6.45) is 1.96. The van der Waals surface area contributed by atoms with E-state index < -0.39 is 0 Å². The van der Waals surface area contributed by atoms with Gasteiger partial charge in [0.2, 0.25) is 5.91 Å². The summed E-state index contributed by atoms with van der Waals surface area (Å²) in [6.45, 7) is 0.789. The van der Waals surface area contributed by atoms with Crippen molar-refractivity contribution in [1.82, 2.24) is 15.6 Å². The molecule has 1 fully saturated rings. The van der Waals surface area contributed by atoms with Gasteiger partial charge in [0.1, 0.15) is 5.75 Å². The summed E-state index contributed by atoms with van der Waals surface area (Å²) in [5, 5.41) is 5.59. The SMILES string of the molecule is COc1ccc(N2CC(NC(=O)NCc3ccccn3)CC2=O)cc1. The molecule has 1 aliphatic rings. The maximum absolute atomic E-state index is 12.2. The third-order valence-corrected chi connectivity index (χ3v) is 4.00. The van der Waals surface area contributed by atoms with Gasteiger partial charge < -0.3 is 20.3 Å². The number of anilines is 1. The van der Waals surface area contributed by atoms with Crippen molar-refractivity contribution < 1.29 is 14.3 Å². The van der Waals surface area contributed by atoms with Crippen LogP contribution in [0, 0.1) is 0 Å². The predicted octanol–water partition coefficient (Wildman–Crippen LogP) is 1.69. The van der Waals surface area contributed by atoms with Crippen LogP contribution in [0.5, 0.6) is 5.75 Å². The summed E-state index contributed by atoms with van der Waals surface area (Å²) in [5.41, 5.74) is 1.57. The molecule has 1 saturated heterocycles. The van der Waals surface area contributed by atoms with Crippen LogP contribution < -0.4 is 20.3 Å². The van der Waals surface area contributed by atoms with Crippen LogP contribution in [0.15, 0.2) is 48.7 Å². The van der Waals surface area contributed by atoms with Gasteiger partial charge in [0.05, 0.1) is 25.4 Å². The van der Waals surface area contributed by atoms with E-state index in [1.54, 1.807) is 18.2 Å². The molecule has 1 aliphatic heterocycles. The average Bonchev–Trinajstić information content (AvgIpc) is 3.01. The van der Waals surface area contributed by atoms with Crippen molar-refractivity contribution in [3.8, 4) is 5.75 Å². The number of pyridine rings is 1. The number of ether oxygens (including phenoxy) is 1. The zero-order chi connectivity index (χ0) is 17.6. The summed E-state index contributed by atoms with van der Waals surface area (Å²) in [7, 11) is 1.60. The molecule has 2 aromatic rings. The van der Waals surface area contributed by atoms with Crippen LogP contribution in [0.1, 0.15) is 12.1 Å². The summed E-state index contributed by atoms with van der Waals surface area (Å²) < 4.78 is 5.12. The Morgan fingerprint density at radius 2 is 2.08 bits per heavy atom. The lowest BCUT2D eigenvalue weighted by molar-refractivity contribution is -0.117. The molecule has 7 nitrogen and oxygen atoms in total. The zero-order valence-electron chi connectivity index (χ0n) is 13.9. The minimum atomic E-state index is -0.306. The molecule has 3 amide bonds. The van der Waals surface area contributed by atoms with E-state index in [0.29, 0.717) is 13.1 Å². The second-order valence-corrected chi connectivity index (χ2v) is 5.75. The van der Waals surface area contributed by atoms with Crippen LogP contribution in [-0.2, 0) is 11.3 Å². The highest BCUT2D eigenvalue weighted by molar-refractivity contribution is 5.96. The molecule has 2 N–H and O–H groups in total. The number of amides is 3. The van der Waals surface area contributed by atoms with Gasteiger partial charge in [0.25, 0.3) is 0 Å². The lowest BCUT2D eigenvalue weighted by Crippen LogP contribution is -2.43. The molecule has 1 atom stereocenters. The van der Waals surface area contributed by atoms with Gasteiger partial charge in [0.15, 0.2) is 0 Å². The van der Waals surface area contributed by atoms with Crippen molar-refractivity contribution in [3.05, 3.63) is 54.4 Å². The first-order valence-corrected chi connectivity index (χ1v) is 8.04. The Hall–Kier alpha value is -3.09. The molecule has 1 aromatic heterocycles. The number of nitrogens with zero attached hydrogens (tertiary/aromatic N) is 2. The van der Waals surface area contributed by atoms with Gasteiger partial charge in [-0.3, -0.25) is 9.78 Å². The summed E-state index contributed by atoms with van der Waals surface area (Å²) in [6, 6.07) is 12.3. The Bertz CT molecular complexity index is 734. The number of carbonyl (C=O) groups is 2. The van der Waals surface area contributed by atoms with Crippen LogP contribution in [0.2, 0.25) is 0 Å². The smallest absolute Gasteiger partial charge is 0.315 e. The van der Waals surface area contributed by atoms with E-state index in [4.69, 9.17) is 4.74 Å². The number of hydrogen-bond donors (Lipinski definition) is 2. The zero-order valence-corrected chi connectivity index (χ0v) is 13.9. The average molecular weight is 340 g/mol. The van der Waals surface area contributed by atoms with Gasteiger partial charge in [-0.2, -0.15) is 0 Å². The standard InChI is InChI=1S/C18H20N4O3/c1-25-16-7-5-15(6-8-16)22-12-14(10-17(22)23)21-18(24)20-11-13-4-2-3-9-19-13/h2-9,14H,10-12H2,1H3,(H2,20,21,24). The minimum Gasteiger partial charge on any atom is -0.497 e. The Labute approximate surface area is 146 Å². The topological polar surface area (TPSA) is 83.6 Å². The highest BCUT2D eigenvalue weighted by Gasteiger charge is 2.31. The van der Waals surface area contributed by atoms with Crippen molar-refractivity contribution in [2.45, 2.75) is 19.0 Å². The van der Waals surface area contributed by atoms with Gasteiger partial charge in [-0.1, -0.05) is 6.07 Å². The Morgan fingerprint density at radius 3 is 2.76 bits per heavy atom. The number of carbonyl (C=O) groups excluding carboxylic acids is 2. The van der Waals surface area contributed by atoms with E-state index in [2.05, 4.69) is 15.6 Å². The normalized spacial score (nSPS) is 16.6. The first-order chi connectivity index (χ1) is 12.2. The first-order valence-electron chi connectivity index (χ1n) is 8.04. The molecule has 25 heavy (non-hydrogen) atoms. The van der Waals surface area contributed by atoms with Crippen LogP contribution in [0.25, 0.3) is 0 Å². The molecule has 0 spiro atoms.